The Labute approximate surface area is 214 Å². The number of nitrogens with one attached hydrogen (secondary N) is 1. The van der Waals surface area contributed by atoms with E-state index in [1.165, 1.54) is 6.07 Å². The molecule has 0 aromatic carbocycles. The van der Waals surface area contributed by atoms with Gasteiger partial charge in [0.25, 0.3) is 0 Å². The van der Waals surface area contributed by atoms with E-state index in [1.807, 2.05) is 11.0 Å². The van der Waals surface area contributed by atoms with Gasteiger partial charge in [0.05, 0.1) is 11.9 Å². The Kier molecular flexibility index (Phi) is 6.03. The Bertz CT molecular complexity index is 1030. The van der Waals surface area contributed by atoms with Crippen LogP contribution in [0.3, 0.4) is 0 Å². The molecule has 5 aliphatic rings. The summed E-state index contributed by atoms with van der Waals surface area (Å²) in [6.45, 7) is 7.88. The van der Waals surface area contributed by atoms with Gasteiger partial charge in [-0.1, -0.05) is 13.8 Å². The molecule has 2 N–H and O–H groups in total. The predicted octanol–water partition coefficient (Wildman–Crippen LogP) is 4.29. The third-order valence-corrected chi connectivity index (χ3v) is 11.6. The van der Waals surface area contributed by atoms with Crippen LogP contribution in [0.4, 0.5) is 4.79 Å². The standard InChI is InChI=1S/C29H42N2O5/c1-27-10-7-21(36-26(33)31-15-13-30-14-16-31)17-20(27)4-5-24-23(27)8-11-28(2)22(9-12-29(24,28)34)19-3-6-25(32)35-18-19/h3,6,18,20-24,30,34H,4-5,7-17H2,1-2H3/t20?,21-,22-,23+,24-,27+,28-,29+/m1/s1. The summed E-state index contributed by atoms with van der Waals surface area (Å²) in [6, 6.07) is 3.42. The van der Waals surface area contributed by atoms with Crippen LogP contribution < -0.4 is 10.9 Å². The molecule has 7 nitrogen and oxygen atoms in total. The zero-order valence-corrected chi connectivity index (χ0v) is 21.8. The van der Waals surface area contributed by atoms with E-state index in [1.54, 1.807) is 6.26 Å². The Morgan fingerprint density at radius 2 is 1.86 bits per heavy atom. The molecule has 1 aromatic rings. The molecule has 0 spiro atoms. The van der Waals surface area contributed by atoms with E-state index in [0.717, 1.165) is 89.5 Å². The van der Waals surface area contributed by atoms with Crippen molar-refractivity contribution < 1.29 is 19.1 Å². The first-order valence-corrected chi connectivity index (χ1v) is 14.2. The minimum atomic E-state index is -0.684. The van der Waals surface area contributed by atoms with Crippen LogP contribution in [0, 0.1) is 28.6 Å². The van der Waals surface area contributed by atoms with Gasteiger partial charge in [-0.25, -0.2) is 9.59 Å². The Balaban J connectivity index is 1.17. The first-order valence-electron chi connectivity index (χ1n) is 14.2. The molecule has 0 radical (unpaired) electrons. The third kappa shape index (κ3) is 3.67. The van der Waals surface area contributed by atoms with Crippen LogP contribution in [0.2, 0.25) is 0 Å². The molecule has 5 fully saturated rings. The maximum absolute atomic E-state index is 12.7. The van der Waals surface area contributed by atoms with Gasteiger partial charge in [-0.2, -0.15) is 0 Å². The van der Waals surface area contributed by atoms with Gasteiger partial charge in [0, 0.05) is 37.7 Å². The minimum Gasteiger partial charge on any atom is -0.446 e. The second-order valence-electron chi connectivity index (χ2n) is 12.9. The number of rotatable bonds is 2. The fourth-order valence-electron chi connectivity index (χ4n) is 9.46. The summed E-state index contributed by atoms with van der Waals surface area (Å²) < 4.78 is 11.2. The van der Waals surface area contributed by atoms with Crippen molar-refractivity contribution in [2.24, 2.45) is 28.6 Å². The summed E-state index contributed by atoms with van der Waals surface area (Å²) in [4.78, 5) is 26.1. The maximum Gasteiger partial charge on any atom is 0.410 e. The summed E-state index contributed by atoms with van der Waals surface area (Å²) in [6.07, 6.45) is 10.5. The lowest BCUT2D eigenvalue weighted by molar-refractivity contribution is -0.205. The summed E-state index contributed by atoms with van der Waals surface area (Å²) in [7, 11) is 0. The third-order valence-electron chi connectivity index (χ3n) is 11.6. The summed E-state index contributed by atoms with van der Waals surface area (Å²) >= 11 is 0. The smallest absolute Gasteiger partial charge is 0.410 e. The van der Waals surface area contributed by atoms with Crippen molar-refractivity contribution in [2.75, 3.05) is 26.2 Å². The van der Waals surface area contributed by atoms with Crippen molar-refractivity contribution in [3.8, 4) is 0 Å². The van der Waals surface area contributed by atoms with Gasteiger partial charge >= 0.3 is 11.7 Å². The van der Waals surface area contributed by atoms with Crippen molar-refractivity contribution >= 4 is 6.09 Å². The largest absolute Gasteiger partial charge is 0.446 e. The van der Waals surface area contributed by atoms with Gasteiger partial charge in [-0.3, -0.25) is 0 Å². The molecule has 4 aliphatic carbocycles. The molecule has 1 saturated heterocycles. The fraction of sp³-hybridized carbons (Fsp3) is 0.793. The normalized spacial score (nSPS) is 44.3. The Morgan fingerprint density at radius 1 is 1.06 bits per heavy atom. The first-order chi connectivity index (χ1) is 17.2. The summed E-state index contributed by atoms with van der Waals surface area (Å²) in [5.74, 6) is 1.57. The van der Waals surface area contributed by atoms with Crippen molar-refractivity contribution in [2.45, 2.75) is 89.3 Å². The number of hydrogen-bond donors (Lipinski definition) is 2. The molecule has 7 heteroatoms. The lowest BCUT2D eigenvalue weighted by atomic mass is 9.43. The van der Waals surface area contributed by atoms with Gasteiger partial charge < -0.3 is 24.5 Å². The molecular weight excluding hydrogens is 456 g/mol. The van der Waals surface area contributed by atoms with Crippen LogP contribution in [-0.2, 0) is 4.74 Å². The van der Waals surface area contributed by atoms with Gasteiger partial charge in [0.15, 0.2) is 0 Å². The van der Waals surface area contributed by atoms with Crippen LogP contribution in [0.15, 0.2) is 27.6 Å². The molecule has 0 bridgehead atoms. The fourth-order valence-corrected chi connectivity index (χ4v) is 9.46. The van der Waals surface area contributed by atoms with E-state index in [-0.39, 0.29) is 34.6 Å². The van der Waals surface area contributed by atoms with E-state index in [0.29, 0.717) is 17.8 Å². The molecule has 198 valence electrons. The quantitative estimate of drug-likeness (QED) is 0.632. The van der Waals surface area contributed by atoms with E-state index in [9.17, 15) is 14.7 Å². The van der Waals surface area contributed by atoms with Crippen LogP contribution in [0.5, 0.6) is 0 Å². The summed E-state index contributed by atoms with van der Waals surface area (Å²) in [5.41, 5.74) is 0.0404. The van der Waals surface area contributed by atoms with Gasteiger partial charge in [-0.05, 0) is 98.5 Å². The van der Waals surface area contributed by atoms with Crippen molar-refractivity contribution in [3.63, 3.8) is 0 Å². The highest BCUT2D eigenvalue weighted by molar-refractivity contribution is 5.68. The topological polar surface area (TPSA) is 92.0 Å². The zero-order chi connectivity index (χ0) is 25.1. The second-order valence-corrected chi connectivity index (χ2v) is 12.9. The molecule has 8 atom stereocenters. The monoisotopic (exact) mass is 498 g/mol. The number of amides is 1. The van der Waals surface area contributed by atoms with Gasteiger partial charge in [0.1, 0.15) is 6.10 Å². The molecule has 1 aromatic heterocycles. The van der Waals surface area contributed by atoms with Crippen molar-refractivity contribution in [1.82, 2.24) is 10.2 Å². The number of nitrogens with zero attached hydrogens (tertiary/aromatic N) is 1. The molecule has 6 rings (SSSR count). The SMILES string of the molecule is C[C@]12CC[C@@H](OC(=O)N3CCNCC3)CC1CC[C@@H]1[C@@H]2CC[C@]2(C)[C@@H](c3ccc(=O)oc3)CC[C@]12O. The average Bonchev–Trinajstić information content (AvgIpc) is 3.16. The number of aliphatic hydroxyl groups is 1. The van der Waals surface area contributed by atoms with E-state index < -0.39 is 5.60 Å². The molecule has 1 aliphatic heterocycles. The van der Waals surface area contributed by atoms with Gasteiger partial charge in [-0.15, -0.1) is 0 Å². The summed E-state index contributed by atoms with van der Waals surface area (Å²) in [5, 5.41) is 15.7. The molecule has 1 unspecified atom stereocenters. The number of carbonyl (C=O) groups excluding carboxylic acids is 1. The molecular formula is C29H42N2O5. The maximum atomic E-state index is 12.7. The highest BCUT2D eigenvalue weighted by Crippen LogP contribution is 2.70. The molecule has 36 heavy (non-hydrogen) atoms. The molecule has 4 saturated carbocycles. The van der Waals surface area contributed by atoms with Crippen molar-refractivity contribution in [3.05, 3.63) is 34.4 Å². The first kappa shape index (κ1) is 24.5. The number of ether oxygens (including phenoxy) is 1. The van der Waals surface area contributed by atoms with Crippen LogP contribution in [0.25, 0.3) is 0 Å². The Hall–Kier alpha value is -1.86. The van der Waals surface area contributed by atoms with Gasteiger partial charge in [0.2, 0.25) is 0 Å². The van der Waals surface area contributed by atoms with Crippen LogP contribution in [0.1, 0.15) is 83.1 Å². The minimum absolute atomic E-state index is 0.0163. The number of fused-ring (bicyclic) bond motifs is 5. The van der Waals surface area contributed by atoms with Crippen molar-refractivity contribution in [1.29, 1.82) is 0 Å². The lowest BCUT2D eigenvalue weighted by Gasteiger charge is -2.63. The van der Waals surface area contributed by atoms with E-state index >= 15 is 0 Å². The van der Waals surface area contributed by atoms with Crippen LogP contribution >= 0.6 is 0 Å². The highest BCUT2D eigenvalue weighted by Gasteiger charge is 2.67. The lowest BCUT2D eigenvalue weighted by Crippen LogP contribution is -2.62. The zero-order valence-electron chi connectivity index (χ0n) is 21.8. The number of carbonyl (C=O) groups is 1. The second kappa shape index (κ2) is 8.87. The average molecular weight is 499 g/mol. The number of hydrogen-bond acceptors (Lipinski definition) is 6. The van der Waals surface area contributed by atoms with Crippen LogP contribution in [-0.4, -0.2) is 54.0 Å². The van der Waals surface area contributed by atoms with E-state index in [2.05, 4.69) is 19.2 Å². The van der Waals surface area contributed by atoms with E-state index in [4.69, 9.17) is 9.15 Å². The predicted molar refractivity (Wildman–Crippen MR) is 136 cm³/mol. The highest BCUT2D eigenvalue weighted by atomic mass is 16.6. The molecule has 1 amide bonds. The number of piperazine rings is 1. The Morgan fingerprint density at radius 3 is 2.61 bits per heavy atom. The molecule has 2 heterocycles.